The average Bonchev–Trinajstić information content (AvgIpc) is 2.74. The maximum atomic E-state index is 12.0. The van der Waals surface area contributed by atoms with Gasteiger partial charge in [-0.3, -0.25) is 29.3 Å². The van der Waals surface area contributed by atoms with Gasteiger partial charge in [-0.05, 0) is 24.3 Å². The number of non-ortho nitro benzene ring substituents is 1. The highest BCUT2D eigenvalue weighted by Crippen LogP contribution is 2.13. The van der Waals surface area contributed by atoms with Crippen molar-refractivity contribution in [3.63, 3.8) is 0 Å². The SMILES string of the molecule is O=C(CNC(=O)c1ccc(Br)cc1)NCC(=O)OCC(=O)c1cccc([N+](=O)[O-])c1. The Morgan fingerprint density at radius 3 is 2.33 bits per heavy atom. The van der Waals surface area contributed by atoms with E-state index < -0.39 is 41.6 Å². The Bertz CT molecular complexity index is 976. The van der Waals surface area contributed by atoms with Gasteiger partial charge in [0, 0.05) is 27.7 Å². The number of ketones is 1. The average molecular weight is 478 g/mol. The number of carbonyl (C=O) groups is 4. The van der Waals surface area contributed by atoms with Gasteiger partial charge >= 0.3 is 5.97 Å². The Hall–Kier alpha value is -3.60. The minimum absolute atomic E-state index is 0.0247. The van der Waals surface area contributed by atoms with Crippen molar-refractivity contribution in [2.24, 2.45) is 0 Å². The van der Waals surface area contributed by atoms with Crippen LogP contribution in [-0.2, 0) is 14.3 Å². The maximum absolute atomic E-state index is 12.0. The molecule has 0 unspecified atom stereocenters. The first-order valence-corrected chi connectivity index (χ1v) is 9.29. The number of nitro groups is 1. The van der Waals surface area contributed by atoms with Crippen molar-refractivity contribution in [2.45, 2.75) is 0 Å². The molecule has 2 aromatic rings. The first-order chi connectivity index (χ1) is 14.3. The normalized spacial score (nSPS) is 10.0. The molecule has 0 atom stereocenters. The molecule has 0 radical (unpaired) electrons. The molecule has 2 N–H and O–H groups in total. The molecular weight excluding hydrogens is 462 g/mol. The van der Waals surface area contributed by atoms with Gasteiger partial charge in [-0.25, -0.2) is 0 Å². The summed E-state index contributed by atoms with van der Waals surface area (Å²) in [5.74, 6) is -2.58. The second-order valence-corrected chi connectivity index (χ2v) is 6.77. The van der Waals surface area contributed by atoms with Gasteiger partial charge in [0.1, 0.15) is 6.54 Å². The van der Waals surface area contributed by atoms with Crippen LogP contribution in [0.5, 0.6) is 0 Å². The van der Waals surface area contributed by atoms with Crippen molar-refractivity contribution in [3.05, 3.63) is 74.2 Å². The Labute approximate surface area is 178 Å². The number of ether oxygens (including phenoxy) is 1. The minimum Gasteiger partial charge on any atom is -0.456 e. The maximum Gasteiger partial charge on any atom is 0.325 e. The zero-order chi connectivity index (χ0) is 22.1. The molecule has 0 fully saturated rings. The number of hydrogen-bond donors (Lipinski definition) is 2. The van der Waals surface area contributed by atoms with E-state index in [0.29, 0.717) is 5.56 Å². The molecule has 2 amide bonds. The van der Waals surface area contributed by atoms with Crippen LogP contribution in [0.3, 0.4) is 0 Å². The molecule has 0 spiro atoms. The van der Waals surface area contributed by atoms with Crippen LogP contribution in [0.2, 0.25) is 0 Å². The number of rotatable bonds is 9. The zero-order valence-electron chi connectivity index (χ0n) is 15.4. The highest BCUT2D eigenvalue weighted by Gasteiger charge is 2.14. The summed E-state index contributed by atoms with van der Waals surface area (Å²) in [6.45, 7) is -1.49. The fourth-order valence-corrected chi connectivity index (χ4v) is 2.43. The summed E-state index contributed by atoms with van der Waals surface area (Å²) >= 11 is 3.25. The molecular formula is C19H16BrN3O7. The number of nitrogens with one attached hydrogen (secondary N) is 2. The van der Waals surface area contributed by atoms with E-state index in [4.69, 9.17) is 4.74 Å². The highest BCUT2D eigenvalue weighted by molar-refractivity contribution is 9.10. The lowest BCUT2D eigenvalue weighted by atomic mass is 10.1. The van der Waals surface area contributed by atoms with Gasteiger partial charge in [-0.15, -0.1) is 0 Å². The number of amides is 2. The van der Waals surface area contributed by atoms with Crippen molar-refractivity contribution in [2.75, 3.05) is 19.7 Å². The van der Waals surface area contributed by atoms with E-state index in [1.165, 1.54) is 18.2 Å². The predicted molar refractivity (Wildman–Crippen MR) is 108 cm³/mol. The Balaban J connectivity index is 1.71. The molecule has 0 aliphatic rings. The molecule has 11 heteroatoms. The molecule has 0 aliphatic heterocycles. The largest absolute Gasteiger partial charge is 0.456 e. The van der Waals surface area contributed by atoms with E-state index in [9.17, 15) is 29.3 Å². The Morgan fingerprint density at radius 1 is 0.967 bits per heavy atom. The first kappa shape index (κ1) is 22.7. The number of halogens is 1. The van der Waals surface area contributed by atoms with Crippen molar-refractivity contribution in [1.29, 1.82) is 0 Å². The monoisotopic (exact) mass is 477 g/mol. The number of carbonyl (C=O) groups excluding carboxylic acids is 4. The second-order valence-electron chi connectivity index (χ2n) is 5.86. The zero-order valence-corrected chi connectivity index (χ0v) is 17.0. The van der Waals surface area contributed by atoms with Crippen LogP contribution < -0.4 is 10.6 Å². The Morgan fingerprint density at radius 2 is 1.67 bits per heavy atom. The summed E-state index contributed by atoms with van der Waals surface area (Å²) in [7, 11) is 0. The predicted octanol–water partition coefficient (Wildman–Crippen LogP) is 1.63. The van der Waals surface area contributed by atoms with E-state index in [2.05, 4.69) is 26.6 Å². The lowest BCUT2D eigenvalue weighted by Gasteiger charge is -2.08. The first-order valence-electron chi connectivity index (χ1n) is 8.50. The summed E-state index contributed by atoms with van der Waals surface area (Å²) in [6.07, 6.45) is 0. The quantitative estimate of drug-likeness (QED) is 0.241. The molecule has 30 heavy (non-hydrogen) atoms. The van der Waals surface area contributed by atoms with Crippen LogP contribution in [0.15, 0.2) is 53.0 Å². The molecule has 2 aromatic carbocycles. The van der Waals surface area contributed by atoms with Gasteiger partial charge in [0.05, 0.1) is 11.5 Å². The van der Waals surface area contributed by atoms with E-state index in [0.717, 1.165) is 10.5 Å². The third-order valence-corrected chi connectivity index (χ3v) is 4.22. The van der Waals surface area contributed by atoms with E-state index >= 15 is 0 Å². The van der Waals surface area contributed by atoms with Gasteiger partial charge in [0.2, 0.25) is 11.7 Å². The van der Waals surface area contributed by atoms with Crippen LogP contribution in [0.1, 0.15) is 20.7 Å². The summed E-state index contributed by atoms with van der Waals surface area (Å²) in [4.78, 5) is 57.3. The number of benzene rings is 2. The topological polar surface area (TPSA) is 145 Å². The van der Waals surface area contributed by atoms with E-state index in [-0.39, 0.29) is 17.8 Å². The molecule has 0 saturated carbocycles. The lowest BCUT2D eigenvalue weighted by Crippen LogP contribution is -2.39. The standard InChI is InChI=1S/C19H16BrN3O7/c20-14-6-4-12(5-7-14)19(27)22-9-17(25)21-10-18(26)30-11-16(24)13-2-1-3-15(8-13)23(28)29/h1-8H,9-11H2,(H,21,25)(H,22,27). The van der Waals surface area contributed by atoms with Crippen LogP contribution in [0.4, 0.5) is 5.69 Å². The Kier molecular flexibility index (Phi) is 8.18. The molecule has 10 nitrogen and oxygen atoms in total. The molecule has 0 aliphatic carbocycles. The molecule has 0 aromatic heterocycles. The third-order valence-electron chi connectivity index (χ3n) is 3.69. The van der Waals surface area contributed by atoms with Gasteiger partial charge in [0.25, 0.3) is 11.6 Å². The van der Waals surface area contributed by atoms with Crippen LogP contribution in [-0.4, -0.2) is 48.2 Å². The third kappa shape index (κ3) is 7.09. The molecule has 156 valence electrons. The van der Waals surface area contributed by atoms with E-state index in [1.54, 1.807) is 24.3 Å². The number of esters is 1. The minimum atomic E-state index is -0.874. The summed E-state index contributed by atoms with van der Waals surface area (Å²) in [6, 6.07) is 11.5. The summed E-state index contributed by atoms with van der Waals surface area (Å²) < 4.78 is 5.56. The molecule has 2 rings (SSSR count). The smallest absolute Gasteiger partial charge is 0.325 e. The molecule has 0 heterocycles. The van der Waals surface area contributed by atoms with Crippen LogP contribution in [0, 0.1) is 10.1 Å². The van der Waals surface area contributed by atoms with Crippen molar-refractivity contribution >= 4 is 45.2 Å². The van der Waals surface area contributed by atoms with E-state index in [1.807, 2.05) is 0 Å². The molecule has 0 bridgehead atoms. The van der Waals surface area contributed by atoms with Crippen LogP contribution >= 0.6 is 15.9 Å². The number of Topliss-reactive ketones (excluding diaryl/α,β-unsaturated/α-hetero) is 1. The highest BCUT2D eigenvalue weighted by atomic mass is 79.9. The van der Waals surface area contributed by atoms with Crippen molar-refractivity contribution < 1.29 is 28.8 Å². The van der Waals surface area contributed by atoms with Crippen LogP contribution in [0.25, 0.3) is 0 Å². The number of nitrogens with zero attached hydrogens (tertiary/aromatic N) is 1. The fraction of sp³-hybridized carbons (Fsp3) is 0.158. The van der Waals surface area contributed by atoms with Crippen molar-refractivity contribution in [3.8, 4) is 0 Å². The summed E-state index contributed by atoms with van der Waals surface area (Å²) in [5, 5.41) is 15.4. The summed E-state index contributed by atoms with van der Waals surface area (Å²) in [5.41, 5.74) is 0.131. The lowest BCUT2D eigenvalue weighted by molar-refractivity contribution is -0.384. The second kappa shape index (κ2) is 10.8. The van der Waals surface area contributed by atoms with Gasteiger partial charge in [0.15, 0.2) is 6.61 Å². The fourth-order valence-electron chi connectivity index (χ4n) is 2.17. The molecule has 0 saturated heterocycles. The van der Waals surface area contributed by atoms with Gasteiger partial charge in [-0.1, -0.05) is 28.1 Å². The van der Waals surface area contributed by atoms with Gasteiger partial charge < -0.3 is 15.4 Å². The number of nitro benzene ring substituents is 1. The van der Waals surface area contributed by atoms with Crippen molar-refractivity contribution in [1.82, 2.24) is 10.6 Å². The number of hydrogen-bond acceptors (Lipinski definition) is 7. The van der Waals surface area contributed by atoms with Gasteiger partial charge in [-0.2, -0.15) is 0 Å².